The topological polar surface area (TPSA) is 72.6 Å². The summed E-state index contributed by atoms with van der Waals surface area (Å²) in [7, 11) is 0. The van der Waals surface area contributed by atoms with Crippen LogP contribution in [0, 0.1) is 11.8 Å². The predicted octanol–water partition coefficient (Wildman–Crippen LogP) is 6.92. The highest BCUT2D eigenvalue weighted by Gasteiger charge is 2.37. The van der Waals surface area contributed by atoms with Crippen molar-refractivity contribution in [2.75, 3.05) is 0 Å². The van der Waals surface area contributed by atoms with Crippen molar-refractivity contribution in [1.29, 1.82) is 0 Å². The fourth-order valence-electron chi connectivity index (χ4n) is 4.40. The molecule has 0 saturated carbocycles. The Morgan fingerprint density at radius 3 is 2.00 bits per heavy atom. The van der Waals surface area contributed by atoms with Gasteiger partial charge in [0.2, 0.25) is 0 Å². The van der Waals surface area contributed by atoms with Crippen molar-refractivity contribution in [2.24, 2.45) is 17.6 Å². The van der Waals surface area contributed by atoms with Gasteiger partial charge in [0, 0.05) is 17.0 Å². The van der Waals surface area contributed by atoms with Crippen LogP contribution in [0.3, 0.4) is 0 Å². The summed E-state index contributed by atoms with van der Waals surface area (Å²) in [6, 6.07) is 25.3. The van der Waals surface area contributed by atoms with E-state index < -0.39 is 11.5 Å². The van der Waals surface area contributed by atoms with E-state index >= 15 is 0 Å². The second-order valence-electron chi connectivity index (χ2n) is 9.42. The van der Waals surface area contributed by atoms with Crippen LogP contribution in [0.4, 0.5) is 0 Å². The van der Waals surface area contributed by atoms with E-state index in [4.69, 9.17) is 10.5 Å². The smallest absolute Gasteiger partial charge is 0.335 e. The maximum atomic E-state index is 11.8. The van der Waals surface area contributed by atoms with Gasteiger partial charge in [-0.3, -0.25) is 0 Å². The molecule has 3 aromatic rings. The molecule has 1 atom stereocenters. The number of carboxylic acids is 1. The first-order valence-electron chi connectivity index (χ1n) is 11.6. The van der Waals surface area contributed by atoms with Crippen LogP contribution in [0.2, 0.25) is 0 Å². The first-order valence-corrected chi connectivity index (χ1v) is 11.6. The normalized spacial score (nSPS) is 12.3. The van der Waals surface area contributed by atoms with E-state index in [1.54, 1.807) is 18.2 Å². The largest absolute Gasteiger partial charge is 0.489 e. The highest BCUT2D eigenvalue weighted by Crippen LogP contribution is 2.42. The number of ether oxygens (including phenoxy) is 1. The summed E-state index contributed by atoms with van der Waals surface area (Å²) < 4.78 is 6.26. The third-order valence-electron chi connectivity index (χ3n) is 6.78. The first-order chi connectivity index (χ1) is 15.7. The Morgan fingerprint density at radius 1 is 0.912 bits per heavy atom. The number of aromatic carboxylic acids is 1. The van der Waals surface area contributed by atoms with Gasteiger partial charge in [0.05, 0.1) is 5.56 Å². The molecule has 1 unspecified atom stereocenters. The lowest BCUT2D eigenvalue weighted by molar-refractivity contribution is 0.0696. The molecule has 3 rings (SSSR count). The van der Waals surface area contributed by atoms with Crippen molar-refractivity contribution in [3.8, 4) is 5.75 Å². The molecule has 0 aromatic heterocycles. The standard InChI is InChI=1S/C29H35NO3.ClH/c1-20(2)29(30,21(3)4)18-26(23-13-9-6-10-14-23)25-17-24(28(31)32)15-16-27(25)33-19-22-11-7-5-8-12-22;/h5-17,20-21,26H,18-19,30H2,1-4H3,(H,31,32);1H. The molecule has 0 amide bonds. The van der Waals surface area contributed by atoms with Gasteiger partial charge in [-0.1, -0.05) is 88.4 Å². The quantitative estimate of drug-likeness (QED) is 0.329. The molecule has 0 aliphatic carbocycles. The lowest BCUT2D eigenvalue weighted by atomic mass is 9.69. The average molecular weight is 482 g/mol. The Kier molecular flexibility index (Phi) is 9.72. The molecule has 0 aliphatic heterocycles. The third kappa shape index (κ3) is 6.40. The van der Waals surface area contributed by atoms with E-state index in [2.05, 4.69) is 39.8 Å². The number of carboxylic acid groups (broad SMARTS) is 1. The zero-order chi connectivity index (χ0) is 24.0. The number of rotatable bonds is 10. The van der Waals surface area contributed by atoms with Crippen molar-refractivity contribution >= 4 is 18.4 Å². The molecule has 0 aliphatic rings. The van der Waals surface area contributed by atoms with E-state index in [-0.39, 0.29) is 35.7 Å². The SMILES string of the molecule is CC(C)C(N)(CC(c1ccccc1)c1cc(C(=O)O)ccc1OCc1ccccc1)C(C)C.Cl. The Hall–Kier alpha value is -2.82. The van der Waals surface area contributed by atoms with Crippen LogP contribution in [-0.4, -0.2) is 16.6 Å². The molecule has 3 N–H and O–H groups in total. The average Bonchev–Trinajstić information content (AvgIpc) is 2.82. The van der Waals surface area contributed by atoms with E-state index in [0.717, 1.165) is 16.7 Å². The minimum atomic E-state index is -0.954. The molecule has 0 spiro atoms. The van der Waals surface area contributed by atoms with Gasteiger partial charge in [-0.05, 0) is 47.6 Å². The van der Waals surface area contributed by atoms with Crippen LogP contribution in [0.15, 0.2) is 78.9 Å². The van der Waals surface area contributed by atoms with Gasteiger partial charge < -0.3 is 15.6 Å². The van der Waals surface area contributed by atoms with Gasteiger partial charge in [-0.2, -0.15) is 0 Å². The maximum absolute atomic E-state index is 11.8. The molecule has 34 heavy (non-hydrogen) atoms. The van der Waals surface area contributed by atoms with Crippen molar-refractivity contribution < 1.29 is 14.6 Å². The van der Waals surface area contributed by atoms with Crippen molar-refractivity contribution in [3.05, 3.63) is 101 Å². The maximum Gasteiger partial charge on any atom is 0.335 e. The Labute approximate surface area is 209 Å². The zero-order valence-corrected chi connectivity index (χ0v) is 21.2. The number of hydrogen-bond acceptors (Lipinski definition) is 3. The van der Waals surface area contributed by atoms with Gasteiger partial charge in [-0.15, -0.1) is 12.4 Å². The molecule has 5 heteroatoms. The van der Waals surface area contributed by atoms with E-state index in [1.807, 2.05) is 48.5 Å². The molecule has 0 fully saturated rings. The summed E-state index contributed by atoms with van der Waals surface area (Å²) in [6.45, 7) is 9.03. The van der Waals surface area contributed by atoms with Crippen LogP contribution in [0.5, 0.6) is 5.75 Å². The molecular formula is C29H36ClNO3. The van der Waals surface area contributed by atoms with Crippen LogP contribution in [0.1, 0.15) is 67.1 Å². The van der Waals surface area contributed by atoms with Crippen LogP contribution < -0.4 is 10.5 Å². The second kappa shape index (κ2) is 12.0. The highest BCUT2D eigenvalue weighted by atomic mass is 35.5. The summed E-state index contributed by atoms with van der Waals surface area (Å²) in [5.41, 5.74) is 9.83. The molecule has 0 heterocycles. The number of benzene rings is 3. The number of nitrogens with two attached hydrogens (primary N) is 1. The molecule has 0 saturated heterocycles. The first kappa shape index (κ1) is 27.4. The molecule has 0 bridgehead atoms. The molecule has 182 valence electrons. The van der Waals surface area contributed by atoms with Gasteiger partial charge in [0.25, 0.3) is 0 Å². The molecule has 0 radical (unpaired) electrons. The van der Waals surface area contributed by atoms with E-state index in [0.29, 0.717) is 18.8 Å². The number of halogens is 1. The fourth-order valence-corrected chi connectivity index (χ4v) is 4.40. The summed E-state index contributed by atoms with van der Waals surface area (Å²) >= 11 is 0. The van der Waals surface area contributed by atoms with Crippen molar-refractivity contribution in [2.45, 2.75) is 52.2 Å². The number of hydrogen-bond donors (Lipinski definition) is 2. The summed E-state index contributed by atoms with van der Waals surface area (Å²) in [6.07, 6.45) is 0.678. The molecule has 4 nitrogen and oxygen atoms in total. The predicted molar refractivity (Wildman–Crippen MR) is 141 cm³/mol. The Balaban J connectivity index is 0.00000408. The highest BCUT2D eigenvalue weighted by molar-refractivity contribution is 5.88. The van der Waals surface area contributed by atoms with Crippen LogP contribution in [0.25, 0.3) is 0 Å². The Morgan fingerprint density at radius 2 is 1.47 bits per heavy atom. The van der Waals surface area contributed by atoms with Crippen molar-refractivity contribution in [1.82, 2.24) is 0 Å². The summed E-state index contributed by atoms with van der Waals surface area (Å²) in [5, 5.41) is 9.70. The van der Waals surface area contributed by atoms with E-state index in [9.17, 15) is 9.90 Å². The Bertz CT molecular complexity index is 1040. The molecule has 3 aromatic carbocycles. The van der Waals surface area contributed by atoms with Crippen molar-refractivity contribution in [3.63, 3.8) is 0 Å². The van der Waals surface area contributed by atoms with Gasteiger partial charge in [-0.25, -0.2) is 4.79 Å². The summed E-state index contributed by atoms with van der Waals surface area (Å²) in [4.78, 5) is 11.8. The monoisotopic (exact) mass is 481 g/mol. The van der Waals surface area contributed by atoms with Gasteiger partial charge in [0.1, 0.15) is 12.4 Å². The lowest BCUT2D eigenvalue weighted by Gasteiger charge is -2.41. The fraction of sp³-hybridized carbons (Fsp3) is 0.345. The van der Waals surface area contributed by atoms with Crippen LogP contribution in [-0.2, 0) is 6.61 Å². The zero-order valence-electron chi connectivity index (χ0n) is 20.4. The van der Waals surface area contributed by atoms with E-state index in [1.165, 1.54) is 0 Å². The van der Waals surface area contributed by atoms with Gasteiger partial charge >= 0.3 is 5.97 Å². The summed E-state index contributed by atoms with van der Waals surface area (Å²) in [5.74, 6) is 0.128. The minimum absolute atomic E-state index is 0. The van der Waals surface area contributed by atoms with Gasteiger partial charge in [0.15, 0.2) is 0 Å². The minimum Gasteiger partial charge on any atom is -0.489 e. The lowest BCUT2D eigenvalue weighted by Crippen LogP contribution is -2.51. The molecular weight excluding hydrogens is 446 g/mol. The second-order valence-corrected chi connectivity index (χ2v) is 9.42. The number of carbonyl (C=O) groups is 1. The van der Waals surface area contributed by atoms with Crippen LogP contribution >= 0.6 is 12.4 Å². The third-order valence-corrected chi connectivity index (χ3v) is 6.78.